The number of ether oxygens (including phenoxy) is 3. The predicted molar refractivity (Wildman–Crippen MR) is 133 cm³/mol. The molecule has 0 fully saturated rings. The van der Waals surface area contributed by atoms with Crippen molar-refractivity contribution in [3.05, 3.63) is 35.9 Å². The number of alkyl carbamates (subject to hydrolysis) is 1. The van der Waals surface area contributed by atoms with E-state index in [-0.39, 0.29) is 17.6 Å². The van der Waals surface area contributed by atoms with Crippen molar-refractivity contribution < 1.29 is 33.0 Å². The van der Waals surface area contributed by atoms with Crippen LogP contribution in [-0.4, -0.2) is 51.7 Å². The summed E-state index contributed by atoms with van der Waals surface area (Å²) in [6, 6.07) is 7.90. The first kappa shape index (κ1) is 29.6. The van der Waals surface area contributed by atoms with Crippen LogP contribution in [0, 0.1) is 5.92 Å². The van der Waals surface area contributed by atoms with E-state index in [4.69, 9.17) is 18.6 Å². The van der Waals surface area contributed by atoms with Crippen molar-refractivity contribution in [2.45, 2.75) is 91.0 Å². The van der Waals surface area contributed by atoms with Crippen molar-refractivity contribution in [3.8, 4) is 0 Å². The maximum atomic E-state index is 13.1. The molecule has 1 amide bonds. The molecule has 34 heavy (non-hydrogen) atoms. The van der Waals surface area contributed by atoms with E-state index in [0.717, 1.165) is 5.56 Å². The van der Waals surface area contributed by atoms with Gasteiger partial charge in [-0.15, -0.1) is 0 Å². The van der Waals surface area contributed by atoms with Gasteiger partial charge in [-0.25, -0.2) is 14.4 Å². The Balaban J connectivity index is 2.89. The number of amides is 1. The molecule has 8 nitrogen and oxygen atoms in total. The highest BCUT2D eigenvalue weighted by Crippen LogP contribution is 2.38. The van der Waals surface area contributed by atoms with Gasteiger partial charge >= 0.3 is 18.0 Å². The van der Waals surface area contributed by atoms with Crippen LogP contribution < -0.4 is 5.32 Å². The third-order valence-electron chi connectivity index (χ3n) is 5.90. The molecular weight excluding hydrogens is 454 g/mol. The van der Waals surface area contributed by atoms with E-state index in [1.54, 1.807) is 0 Å². The molecule has 0 radical (unpaired) electrons. The van der Waals surface area contributed by atoms with Gasteiger partial charge in [-0.2, -0.15) is 0 Å². The Morgan fingerprint density at radius 1 is 1.00 bits per heavy atom. The number of methoxy groups -OCH3 is 1. The summed E-state index contributed by atoms with van der Waals surface area (Å²) >= 11 is 0. The van der Waals surface area contributed by atoms with Crippen molar-refractivity contribution in [2.24, 2.45) is 5.92 Å². The summed E-state index contributed by atoms with van der Waals surface area (Å²) in [6.45, 7) is 16.0. The second-order valence-electron chi connectivity index (χ2n) is 10.3. The smallest absolute Gasteiger partial charge is 0.408 e. The number of rotatable bonds is 11. The molecule has 3 unspecified atom stereocenters. The lowest BCUT2D eigenvalue weighted by molar-refractivity contribution is -0.163. The second kappa shape index (κ2) is 12.9. The Kier molecular flexibility index (Phi) is 11.2. The number of esters is 2. The van der Waals surface area contributed by atoms with Gasteiger partial charge in [0.05, 0.1) is 7.11 Å². The van der Waals surface area contributed by atoms with Gasteiger partial charge in [0.1, 0.15) is 18.8 Å². The topological polar surface area (TPSA) is 100 Å². The lowest BCUT2D eigenvalue weighted by atomic mass is 10.1. The normalized spacial score (nSPS) is 14.6. The lowest BCUT2D eigenvalue weighted by Crippen LogP contribution is -2.52. The van der Waals surface area contributed by atoms with Crippen LogP contribution in [0.3, 0.4) is 0 Å². The fourth-order valence-electron chi connectivity index (χ4n) is 2.87. The number of carbonyl (C=O) groups excluding carboxylic acids is 3. The third kappa shape index (κ3) is 9.46. The minimum atomic E-state index is -2.26. The molecule has 9 heteroatoms. The van der Waals surface area contributed by atoms with Crippen LogP contribution in [0.15, 0.2) is 30.3 Å². The molecule has 0 saturated heterocycles. The zero-order valence-electron chi connectivity index (χ0n) is 22.0. The van der Waals surface area contributed by atoms with Gasteiger partial charge in [0.25, 0.3) is 0 Å². The van der Waals surface area contributed by atoms with E-state index in [1.807, 2.05) is 44.2 Å². The summed E-state index contributed by atoms with van der Waals surface area (Å²) in [5, 5.41) is 2.36. The van der Waals surface area contributed by atoms with E-state index in [9.17, 15) is 14.4 Å². The zero-order valence-corrected chi connectivity index (χ0v) is 23.0. The monoisotopic (exact) mass is 495 g/mol. The minimum Gasteiger partial charge on any atom is -0.467 e. The molecule has 1 N–H and O–H groups in total. The SMILES string of the molecule is COC(=O)C(NC(=O)OCc1ccccc1)C(C)OC(=O)C(CC(C)C)O[Si](C)(C)C(C)(C)C. The third-order valence-corrected chi connectivity index (χ3v) is 10.4. The van der Waals surface area contributed by atoms with Crippen LogP contribution in [0.25, 0.3) is 0 Å². The highest BCUT2D eigenvalue weighted by Gasteiger charge is 2.42. The Labute approximate surface area is 204 Å². The van der Waals surface area contributed by atoms with Crippen LogP contribution in [0.1, 0.15) is 53.5 Å². The maximum absolute atomic E-state index is 13.1. The summed E-state index contributed by atoms with van der Waals surface area (Å²) in [5.74, 6) is -1.12. The van der Waals surface area contributed by atoms with Crippen molar-refractivity contribution in [1.29, 1.82) is 0 Å². The van der Waals surface area contributed by atoms with Gasteiger partial charge < -0.3 is 24.0 Å². The van der Waals surface area contributed by atoms with Crippen LogP contribution in [0.4, 0.5) is 4.79 Å². The van der Waals surface area contributed by atoms with Gasteiger partial charge in [0, 0.05) is 0 Å². The molecule has 0 aliphatic heterocycles. The van der Waals surface area contributed by atoms with Crippen molar-refractivity contribution in [2.75, 3.05) is 7.11 Å². The van der Waals surface area contributed by atoms with Crippen LogP contribution in [0.5, 0.6) is 0 Å². The Morgan fingerprint density at radius 3 is 2.09 bits per heavy atom. The molecule has 0 saturated carbocycles. The molecule has 1 aromatic rings. The standard InChI is InChI=1S/C25H41NO7Si/c1-17(2)15-20(33-34(8,9)25(4,5)6)22(27)32-18(3)21(23(28)30-7)26-24(29)31-16-19-13-11-10-12-14-19/h10-14,17-18,20-21H,15-16H2,1-9H3,(H,26,29). The predicted octanol–water partition coefficient (Wildman–Crippen LogP) is 4.82. The van der Waals surface area contributed by atoms with Crippen molar-refractivity contribution in [1.82, 2.24) is 5.32 Å². The molecule has 3 atom stereocenters. The number of benzene rings is 1. The van der Waals surface area contributed by atoms with Crippen LogP contribution in [0.2, 0.25) is 18.1 Å². The summed E-state index contributed by atoms with van der Waals surface area (Å²) in [5.41, 5.74) is 0.797. The van der Waals surface area contributed by atoms with Crippen LogP contribution >= 0.6 is 0 Å². The summed E-state index contributed by atoms with van der Waals surface area (Å²) < 4.78 is 22.0. The quantitative estimate of drug-likeness (QED) is 0.267. The maximum Gasteiger partial charge on any atom is 0.408 e. The van der Waals surface area contributed by atoms with E-state index in [0.29, 0.717) is 6.42 Å². The lowest BCUT2D eigenvalue weighted by Gasteiger charge is -2.39. The summed E-state index contributed by atoms with van der Waals surface area (Å²) in [6.07, 6.45) is -2.11. The molecule has 0 aliphatic rings. The molecule has 0 aliphatic carbocycles. The number of carbonyl (C=O) groups is 3. The number of hydrogen-bond donors (Lipinski definition) is 1. The molecule has 0 bridgehead atoms. The fraction of sp³-hybridized carbons (Fsp3) is 0.640. The van der Waals surface area contributed by atoms with Crippen molar-refractivity contribution >= 4 is 26.3 Å². The number of nitrogens with one attached hydrogen (secondary N) is 1. The molecule has 1 rings (SSSR count). The highest BCUT2D eigenvalue weighted by molar-refractivity contribution is 6.74. The zero-order chi connectivity index (χ0) is 26.1. The average molecular weight is 496 g/mol. The molecule has 1 aromatic carbocycles. The summed E-state index contributed by atoms with van der Waals surface area (Å²) in [4.78, 5) is 37.7. The Morgan fingerprint density at radius 2 is 1.59 bits per heavy atom. The Bertz CT molecular complexity index is 805. The molecule has 0 aromatic heterocycles. The molecule has 192 valence electrons. The Hall–Kier alpha value is -2.39. The van der Waals surface area contributed by atoms with Crippen molar-refractivity contribution in [3.63, 3.8) is 0 Å². The van der Waals surface area contributed by atoms with E-state index in [2.05, 4.69) is 39.2 Å². The van der Waals surface area contributed by atoms with Gasteiger partial charge in [0.15, 0.2) is 14.4 Å². The van der Waals surface area contributed by atoms with Gasteiger partial charge in [0.2, 0.25) is 0 Å². The minimum absolute atomic E-state index is 0.0333. The highest BCUT2D eigenvalue weighted by atomic mass is 28.4. The van der Waals surface area contributed by atoms with Gasteiger partial charge in [-0.3, -0.25) is 0 Å². The fourth-order valence-corrected chi connectivity index (χ4v) is 4.12. The molecular formula is C25H41NO7Si. The van der Waals surface area contributed by atoms with E-state index in [1.165, 1.54) is 14.0 Å². The summed E-state index contributed by atoms with van der Waals surface area (Å²) in [7, 11) is -1.06. The first-order valence-electron chi connectivity index (χ1n) is 11.6. The van der Waals surface area contributed by atoms with Gasteiger partial charge in [-0.1, -0.05) is 65.0 Å². The van der Waals surface area contributed by atoms with Gasteiger partial charge in [-0.05, 0) is 43.0 Å². The first-order chi connectivity index (χ1) is 15.7. The molecule has 0 spiro atoms. The first-order valence-corrected chi connectivity index (χ1v) is 14.5. The average Bonchev–Trinajstić information content (AvgIpc) is 2.74. The van der Waals surface area contributed by atoms with E-state index >= 15 is 0 Å². The number of hydrogen-bond acceptors (Lipinski definition) is 7. The largest absolute Gasteiger partial charge is 0.467 e. The van der Waals surface area contributed by atoms with E-state index < -0.39 is 44.6 Å². The second-order valence-corrected chi connectivity index (χ2v) is 15.1. The van der Waals surface area contributed by atoms with Crippen LogP contribution in [-0.2, 0) is 34.8 Å². The molecule has 0 heterocycles.